The van der Waals surface area contributed by atoms with Crippen LogP contribution in [0, 0.1) is 7.11 Å². The molecule has 0 saturated heterocycles. The molecular formula is C8H15O. The summed E-state index contributed by atoms with van der Waals surface area (Å²) in [4.78, 5) is 0. The van der Waals surface area contributed by atoms with Crippen molar-refractivity contribution >= 4 is 0 Å². The largest absolute Gasteiger partial charge is 0.379 e. The maximum atomic E-state index is 4.66. The van der Waals surface area contributed by atoms with Gasteiger partial charge in [-0.15, -0.1) is 0 Å². The van der Waals surface area contributed by atoms with E-state index in [9.17, 15) is 0 Å². The maximum Gasteiger partial charge on any atom is 0.0700 e. The second-order valence-corrected chi connectivity index (χ2v) is 2.15. The molecule has 0 aromatic rings. The van der Waals surface area contributed by atoms with E-state index >= 15 is 0 Å². The quantitative estimate of drug-likeness (QED) is 0.416. The van der Waals surface area contributed by atoms with Crippen molar-refractivity contribution in [1.82, 2.24) is 0 Å². The van der Waals surface area contributed by atoms with Gasteiger partial charge in [0.2, 0.25) is 0 Å². The summed E-state index contributed by atoms with van der Waals surface area (Å²) in [5.74, 6) is 0. The molecule has 9 heavy (non-hydrogen) atoms. The molecule has 0 spiro atoms. The third-order valence-electron chi connectivity index (χ3n) is 1.35. The summed E-state index contributed by atoms with van der Waals surface area (Å²) in [6, 6.07) is 0. The SMILES string of the molecule is [CH2]OCCC/C(C)=C/C. The van der Waals surface area contributed by atoms with Gasteiger partial charge in [0.25, 0.3) is 0 Å². The predicted molar refractivity (Wildman–Crippen MR) is 40.0 cm³/mol. The molecule has 0 saturated carbocycles. The number of hydrogen-bond donors (Lipinski definition) is 0. The monoisotopic (exact) mass is 127 g/mol. The number of rotatable bonds is 4. The summed E-state index contributed by atoms with van der Waals surface area (Å²) in [6.07, 6.45) is 4.34. The lowest BCUT2D eigenvalue weighted by atomic mass is 10.2. The van der Waals surface area contributed by atoms with E-state index in [0.717, 1.165) is 19.4 Å². The lowest BCUT2D eigenvalue weighted by molar-refractivity contribution is 0.237. The van der Waals surface area contributed by atoms with Crippen LogP contribution in [0.15, 0.2) is 11.6 Å². The summed E-state index contributed by atoms with van der Waals surface area (Å²) < 4.78 is 4.66. The lowest BCUT2D eigenvalue weighted by Crippen LogP contribution is -1.86. The van der Waals surface area contributed by atoms with Gasteiger partial charge in [-0.05, 0) is 26.7 Å². The van der Waals surface area contributed by atoms with Crippen LogP contribution in [-0.2, 0) is 4.74 Å². The summed E-state index contributed by atoms with van der Waals surface area (Å²) in [6.45, 7) is 4.95. The van der Waals surface area contributed by atoms with Crippen LogP contribution >= 0.6 is 0 Å². The molecule has 0 aliphatic rings. The van der Waals surface area contributed by atoms with Gasteiger partial charge in [-0.25, -0.2) is 0 Å². The second-order valence-electron chi connectivity index (χ2n) is 2.15. The zero-order valence-corrected chi connectivity index (χ0v) is 6.31. The predicted octanol–water partition coefficient (Wildman–Crippen LogP) is 2.54. The molecule has 1 nitrogen and oxygen atoms in total. The molecule has 0 aliphatic carbocycles. The third-order valence-corrected chi connectivity index (χ3v) is 1.35. The molecule has 0 unspecified atom stereocenters. The van der Waals surface area contributed by atoms with E-state index in [0.29, 0.717) is 0 Å². The molecule has 0 amide bonds. The van der Waals surface area contributed by atoms with Gasteiger partial charge in [-0.2, -0.15) is 0 Å². The van der Waals surface area contributed by atoms with Crippen molar-refractivity contribution in [3.05, 3.63) is 18.8 Å². The van der Waals surface area contributed by atoms with Crippen LogP contribution in [0.1, 0.15) is 26.7 Å². The van der Waals surface area contributed by atoms with Gasteiger partial charge in [0, 0.05) is 6.61 Å². The minimum absolute atomic E-state index is 0.769. The molecule has 0 heterocycles. The van der Waals surface area contributed by atoms with Gasteiger partial charge in [-0.3, -0.25) is 0 Å². The molecule has 0 N–H and O–H groups in total. The van der Waals surface area contributed by atoms with Crippen molar-refractivity contribution in [1.29, 1.82) is 0 Å². The summed E-state index contributed by atoms with van der Waals surface area (Å²) in [5.41, 5.74) is 1.42. The van der Waals surface area contributed by atoms with Gasteiger partial charge < -0.3 is 4.74 Å². The Kier molecular flexibility index (Phi) is 5.64. The standard InChI is InChI=1S/C8H15O/c1-4-8(2)6-5-7-9-3/h4H,3,5-7H2,1-2H3/b8-4+. The maximum absolute atomic E-state index is 4.66. The minimum Gasteiger partial charge on any atom is -0.379 e. The fourth-order valence-corrected chi connectivity index (χ4v) is 0.597. The first kappa shape index (κ1) is 8.70. The van der Waals surface area contributed by atoms with Crippen molar-refractivity contribution in [3.8, 4) is 0 Å². The van der Waals surface area contributed by atoms with Crippen LogP contribution < -0.4 is 0 Å². The Morgan fingerprint density at radius 3 is 2.78 bits per heavy atom. The highest BCUT2D eigenvalue weighted by atomic mass is 16.5. The van der Waals surface area contributed by atoms with Crippen LogP contribution in [0.5, 0.6) is 0 Å². The molecule has 1 radical (unpaired) electrons. The van der Waals surface area contributed by atoms with E-state index in [2.05, 4.69) is 31.8 Å². The Morgan fingerprint density at radius 2 is 2.33 bits per heavy atom. The van der Waals surface area contributed by atoms with Gasteiger partial charge >= 0.3 is 0 Å². The van der Waals surface area contributed by atoms with E-state index in [1.165, 1.54) is 5.57 Å². The summed E-state index contributed by atoms with van der Waals surface area (Å²) in [7, 11) is 3.29. The minimum atomic E-state index is 0.769. The molecule has 53 valence electrons. The molecular weight excluding hydrogens is 112 g/mol. The Balaban J connectivity index is 3.07. The van der Waals surface area contributed by atoms with Crippen molar-refractivity contribution in [3.63, 3.8) is 0 Å². The molecule has 0 aromatic carbocycles. The molecule has 0 atom stereocenters. The van der Waals surface area contributed by atoms with E-state index in [1.54, 1.807) is 0 Å². The van der Waals surface area contributed by atoms with Gasteiger partial charge in [-0.1, -0.05) is 11.6 Å². The summed E-state index contributed by atoms with van der Waals surface area (Å²) >= 11 is 0. The smallest absolute Gasteiger partial charge is 0.0700 e. The fraction of sp³-hybridized carbons (Fsp3) is 0.625. The first-order valence-corrected chi connectivity index (χ1v) is 3.30. The van der Waals surface area contributed by atoms with Crippen LogP contribution in [-0.4, -0.2) is 6.61 Å². The number of allylic oxidation sites excluding steroid dienone is 2. The average molecular weight is 127 g/mol. The second kappa shape index (κ2) is 5.83. The Labute approximate surface area is 57.7 Å². The van der Waals surface area contributed by atoms with E-state index in [4.69, 9.17) is 0 Å². The van der Waals surface area contributed by atoms with Crippen LogP contribution in [0.4, 0.5) is 0 Å². The zero-order chi connectivity index (χ0) is 7.11. The zero-order valence-electron chi connectivity index (χ0n) is 6.31. The normalized spacial score (nSPS) is 12.1. The van der Waals surface area contributed by atoms with Crippen LogP contribution in [0.3, 0.4) is 0 Å². The number of hydrogen-bond acceptors (Lipinski definition) is 1. The molecule has 0 rings (SSSR count). The van der Waals surface area contributed by atoms with Crippen molar-refractivity contribution < 1.29 is 4.74 Å². The molecule has 0 aromatic heterocycles. The third kappa shape index (κ3) is 5.57. The highest BCUT2D eigenvalue weighted by molar-refractivity contribution is 4.94. The Hall–Kier alpha value is -0.300. The molecule has 0 aliphatic heterocycles. The van der Waals surface area contributed by atoms with Crippen LogP contribution in [0.2, 0.25) is 0 Å². The van der Waals surface area contributed by atoms with Crippen molar-refractivity contribution in [2.75, 3.05) is 6.61 Å². The van der Waals surface area contributed by atoms with E-state index in [-0.39, 0.29) is 0 Å². The van der Waals surface area contributed by atoms with Gasteiger partial charge in [0.1, 0.15) is 0 Å². The number of ether oxygens (including phenoxy) is 1. The van der Waals surface area contributed by atoms with Gasteiger partial charge in [0.05, 0.1) is 7.11 Å². The van der Waals surface area contributed by atoms with E-state index < -0.39 is 0 Å². The highest BCUT2D eigenvalue weighted by Crippen LogP contribution is 2.02. The van der Waals surface area contributed by atoms with E-state index in [1.807, 2.05) is 0 Å². The fourth-order valence-electron chi connectivity index (χ4n) is 0.597. The topological polar surface area (TPSA) is 9.23 Å². The average Bonchev–Trinajstić information content (AvgIpc) is 1.89. The molecule has 0 bridgehead atoms. The summed E-state index contributed by atoms with van der Waals surface area (Å²) in [5, 5.41) is 0. The molecule has 0 fully saturated rings. The first-order valence-electron chi connectivity index (χ1n) is 3.30. The molecule has 1 heteroatoms. The Bertz CT molecular complexity index is 84.6. The van der Waals surface area contributed by atoms with Crippen molar-refractivity contribution in [2.45, 2.75) is 26.7 Å². The van der Waals surface area contributed by atoms with Crippen LogP contribution in [0.25, 0.3) is 0 Å². The van der Waals surface area contributed by atoms with Gasteiger partial charge in [0.15, 0.2) is 0 Å². The van der Waals surface area contributed by atoms with Crippen molar-refractivity contribution in [2.24, 2.45) is 0 Å². The first-order chi connectivity index (χ1) is 4.31. The Morgan fingerprint density at radius 1 is 1.67 bits per heavy atom. The highest BCUT2D eigenvalue weighted by Gasteiger charge is 1.86. The lowest BCUT2D eigenvalue weighted by Gasteiger charge is -1.97.